The zero-order valence-electron chi connectivity index (χ0n) is 14.3. The van der Waals surface area contributed by atoms with Crippen LogP contribution in [0.1, 0.15) is 16.7 Å². The summed E-state index contributed by atoms with van der Waals surface area (Å²) in [4.78, 5) is 8.38. The van der Waals surface area contributed by atoms with Gasteiger partial charge >= 0.3 is 0 Å². The van der Waals surface area contributed by atoms with Gasteiger partial charge < -0.3 is 10.3 Å². The summed E-state index contributed by atoms with van der Waals surface area (Å²) in [5.74, 6) is 6.95. The van der Waals surface area contributed by atoms with Gasteiger partial charge in [0.2, 0.25) is 5.69 Å². The molecule has 0 fully saturated rings. The van der Waals surface area contributed by atoms with E-state index >= 15 is 0 Å². The third-order valence-electron chi connectivity index (χ3n) is 4.78. The fourth-order valence-corrected chi connectivity index (χ4v) is 3.55. The number of aromatic nitrogens is 4. The van der Waals surface area contributed by atoms with Gasteiger partial charge in [-0.25, -0.2) is 9.97 Å². The molecular weight excluding hydrogens is 322 g/mol. The van der Waals surface area contributed by atoms with Crippen molar-refractivity contribution in [2.75, 3.05) is 5.73 Å². The molecule has 3 aromatic heterocycles. The maximum atomic E-state index is 6.03. The van der Waals surface area contributed by atoms with Gasteiger partial charge in [0.15, 0.2) is 12.7 Å². The van der Waals surface area contributed by atoms with E-state index in [-0.39, 0.29) is 0 Å². The molecule has 1 aliphatic heterocycles. The number of nitrogen functional groups attached to an aromatic ring is 1. The van der Waals surface area contributed by atoms with Crippen molar-refractivity contribution >= 4 is 16.9 Å². The number of rotatable bonds is 0. The highest BCUT2D eigenvalue weighted by atomic mass is 15.0. The molecule has 0 saturated heterocycles. The highest BCUT2D eigenvalue weighted by Crippen LogP contribution is 2.26. The van der Waals surface area contributed by atoms with Crippen molar-refractivity contribution in [3.8, 4) is 23.1 Å². The SMILES string of the molecule is Cn1cc(C#Cc2ccc3[n+](c2)Cc2ccccc2-3)c2c(N)ncnc21. The van der Waals surface area contributed by atoms with Crippen molar-refractivity contribution in [3.63, 3.8) is 0 Å². The second kappa shape index (κ2) is 5.43. The van der Waals surface area contributed by atoms with E-state index < -0.39 is 0 Å². The maximum absolute atomic E-state index is 6.03. The number of hydrogen-bond donors (Lipinski definition) is 1. The Kier molecular flexibility index (Phi) is 3.06. The molecular formula is C21H16N5+. The smallest absolute Gasteiger partial charge is 0.213 e. The summed E-state index contributed by atoms with van der Waals surface area (Å²) in [6.45, 7) is 0.885. The molecule has 0 aliphatic carbocycles. The summed E-state index contributed by atoms with van der Waals surface area (Å²) < 4.78 is 4.17. The average molecular weight is 338 g/mol. The van der Waals surface area contributed by atoms with Crippen molar-refractivity contribution in [1.82, 2.24) is 14.5 Å². The number of nitrogens with zero attached hydrogens (tertiary/aromatic N) is 4. The molecule has 5 nitrogen and oxygen atoms in total. The molecule has 1 aliphatic rings. The van der Waals surface area contributed by atoms with E-state index in [4.69, 9.17) is 5.73 Å². The molecule has 26 heavy (non-hydrogen) atoms. The Bertz CT molecular complexity index is 1240. The van der Waals surface area contributed by atoms with Crippen LogP contribution in [0.3, 0.4) is 0 Å². The van der Waals surface area contributed by atoms with Crippen LogP contribution in [0.5, 0.6) is 0 Å². The first-order valence-electron chi connectivity index (χ1n) is 8.40. The molecule has 0 unspecified atom stereocenters. The number of anilines is 1. The first-order valence-corrected chi connectivity index (χ1v) is 8.40. The maximum Gasteiger partial charge on any atom is 0.213 e. The standard InChI is InChI=1S/C21H16N5/c1-25-11-16(19-20(22)23-13-24-21(19)25)8-6-14-7-9-18-17-5-3-2-4-15(17)12-26(18)10-14/h2-5,7,9-11,13H,12H2,1H3,(H2,22,23,24)/q+1. The van der Waals surface area contributed by atoms with Crippen LogP contribution in [0.2, 0.25) is 0 Å². The number of aryl methyl sites for hydroxylation is 1. The lowest BCUT2D eigenvalue weighted by Gasteiger charge is -1.96. The highest BCUT2D eigenvalue weighted by molar-refractivity contribution is 5.92. The van der Waals surface area contributed by atoms with Gasteiger partial charge in [0.25, 0.3) is 0 Å². The summed E-state index contributed by atoms with van der Waals surface area (Å²) in [6, 6.07) is 12.7. The summed E-state index contributed by atoms with van der Waals surface area (Å²) in [5, 5.41) is 0.809. The van der Waals surface area contributed by atoms with Crippen molar-refractivity contribution in [1.29, 1.82) is 0 Å². The van der Waals surface area contributed by atoms with Gasteiger partial charge in [-0.15, -0.1) is 0 Å². The van der Waals surface area contributed by atoms with E-state index in [1.54, 1.807) is 0 Å². The van der Waals surface area contributed by atoms with Gasteiger partial charge in [0, 0.05) is 24.9 Å². The Labute approximate surface area is 150 Å². The molecule has 0 bridgehead atoms. The average Bonchev–Trinajstić information content (AvgIpc) is 3.18. The minimum absolute atomic E-state index is 0.457. The van der Waals surface area contributed by atoms with Gasteiger partial charge in [-0.05, 0) is 12.1 Å². The van der Waals surface area contributed by atoms with E-state index in [0.29, 0.717) is 5.82 Å². The number of hydrogen-bond acceptors (Lipinski definition) is 3. The van der Waals surface area contributed by atoms with Crippen LogP contribution in [0.4, 0.5) is 5.82 Å². The first kappa shape index (κ1) is 14.7. The lowest BCUT2D eigenvalue weighted by molar-refractivity contribution is -0.672. The van der Waals surface area contributed by atoms with Crippen LogP contribution in [0.25, 0.3) is 22.3 Å². The molecule has 0 atom stereocenters. The van der Waals surface area contributed by atoms with E-state index in [1.165, 1.54) is 23.1 Å². The van der Waals surface area contributed by atoms with Gasteiger partial charge in [0.05, 0.1) is 22.1 Å². The number of nitrogens with two attached hydrogens (primary N) is 1. The number of fused-ring (bicyclic) bond motifs is 4. The van der Waals surface area contributed by atoms with Gasteiger partial charge in [-0.3, -0.25) is 0 Å². The largest absolute Gasteiger partial charge is 0.383 e. The molecule has 1 aromatic carbocycles. The van der Waals surface area contributed by atoms with E-state index in [1.807, 2.05) is 17.8 Å². The third-order valence-corrected chi connectivity index (χ3v) is 4.78. The fourth-order valence-electron chi connectivity index (χ4n) is 3.55. The molecule has 5 rings (SSSR count). The lowest BCUT2D eigenvalue weighted by atomic mass is 10.1. The minimum Gasteiger partial charge on any atom is -0.383 e. The molecule has 5 heteroatoms. The van der Waals surface area contributed by atoms with Crippen LogP contribution in [0.15, 0.2) is 55.1 Å². The quantitative estimate of drug-likeness (QED) is 0.348. The summed E-state index contributed by atoms with van der Waals surface area (Å²) in [7, 11) is 1.93. The summed E-state index contributed by atoms with van der Waals surface area (Å²) in [5.41, 5.74) is 12.5. The van der Waals surface area contributed by atoms with Crippen molar-refractivity contribution in [2.45, 2.75) is 6.54 Å². The Morgan fingerprint density at radius 2 is 2.00 bits per heavy atom. The first-order chi connectivity index (χ1) is 12.7. The summed E-state index contributed by atoms with van der Waals surface area (Å²) in [6.07, 6.45) is 5.52. The zero-order valence-corrected chi connectivity index (χ0v) is 14.3. The monoisotopic (exact) mass is 338 g/mol. The van der Waals surface area contributed by atoms with Crippen LogP contribution < -0.4 is 10.3 Å². The normalized spacial score (nSPS) is 11.7. The predicted octanol–water partition coefficient (Wildman–Crippen LogP) is 2.27. The van der Waals surface area contributed by atoms with Gasteiger partial charge in [0.1, 0.15) is 17.8 Å². The Hall–Kier alpha value is -3.65. The molecule has 0 amide bonds. The van der Waals surface area contributed by atoms with E-state index in [2.05, 4.69) is 69.0 Å². The topological polar surface area (TPSA) is 60.6 Å². The van der Waals surface area contributed by atoms with Crippen LogP contribution in [-0.2, 0) is 13.6 Å². The number of pyridine rings is 1. The van der Waals surface area contributed by atoms with Gasteiger partial charge in [-0.1, -0.05) is 30.0 Å². The molecule has 0 radical (unpaired) electrons. The number of benzene rings is 1. The van der Waals surface area contributed by atoms with E-state index in [9.17, 15) is 0 Å². The second-order valence-electron chi connectivity index (χ2n) is 6.45. The van der Waals surface area contributed by atoms with Crippen LogP contribution in [0, 0.1) is 11.8 Å². The zero-order chi connectivity index (χ0) is 17.7. The van der Waals surface area contributed by atoms with Crippen LogP contribution >= 0.6 is 0 Å². The minimum atomic E-state index is 0.457. The molecule has 2 N–H and O–H groups in total. The molecule has 124 valence electrons. The van der Waals surface area contributed by atoms with Gasteiger partial charge in [-0.2, -0.15) is 4.57 Å². The van der Waals surface area contributed by atoms with Crippen LogP contribution in [-0.4, -0.2) is 14.5 Å². The fraction of sp³-hybridized carbons (Fsp3) is 0.0952. The molecule has 0 saturated carbocycles. The van der Waals surface area contributed by atoms with Crippen molar-refractivity contribution < 1.29 is 4.57 Å². The Morgan fingerprint density at radius 3 is 2.92 bits per heavy atom. The van der Waals surface area contributed by atoms with Crippen molar-refractivity contribution in [3.05, 3.63) is 71.8 Å². The van der Waals surface area contributed by atoms with Crippen molar-refractivity contribution in [2.24, 2.45) is 7.05 Å². The summed E-state index contributed by atoms with van der Waals surface area (Å²) >= 11 is 0. The Morgan fingerprint density at radius 1 is 1.12 bits per heavy atom. The van der Waals surface area contributed by atoms with E-state index in [0.717, 1.165) is 28.7 Å². The highest BCUT2D eigenvalue weighted by Gasteiger charge is 2.25. The lowest BCUT2D eigenvalue weighted by Crippen LogP contribution is -2.32. The molecule has 0 spiro atoms. The third kappa shape index (κ3) is 2.16. The molecule has 4 aromatic rings. The predicted molar refractivity (Wildman–Crippen MR) is 100 cm³/mol. The second-order valence-corrected chi connectivity index (χ2v) is 6.45. The molecule has 4 heterocycles. The Balaban J connectivity index is 1.56.